The first-order valence-corrected chi connectivity index (χ1v) is 6.69. The van der Waals surface area contributed by atoms with Gasteiger partial charge in [0.25, 0.3) is 0 Å². The third-order valence-electron chi connectivity index (χ3n) is 3.05. The van der Waals surface area contributed by atoms with Crippen molar-refractivity contribution in [3.63, 3.8) is 0 Å². The van der Waals surface area contributed by atoms with E-state index in [1.807, 2.05) is 26.8 Å². The lowest BCUT2D eigenvalue weighted by molar-refractivity contribution is 0.0224. The van der Waals surface area contributed by atoms with Gasteiger partial charge in [0.05, 0.1) is 17.3 Å². The number of hydrogen-bond donors (Lipinski definition) is 1. The second-order valence-corrected chi connectivity index (χ2v) is 6.16. The Labute approximate surface area is 118 Å². The molecule has 1 aliphatic heterocycles. The van der Waals surface area contributed by atoms with Crippen LogP contribution in [0.25, 0.3) is 0 Å². The Bertz CT molecular complexity index is 509. The van der Waals surface area contributed by atoms with E-state index in [0.717, 1.165) is 17.5 Å². The van der Waals surface area contributed by atoms with Crippen molar-refractivity contribution < 1.29 is 9.53 Å². The number of nitrogen functional groups attached to an aromatic ring is 1. The van der Waals surface area contributed by atoms with Crippen LogP contribution in [-0.2, 0) is 17.7 Å². The quantitative estimate of drug-likeness (QED) is 0.743. The first kappa shape index (κ1) is 14.0. The average molecular weight is 283 g/mol. The molecule has 0 aromatic heterocycles. The van der Waals surface area contributed by atoms with E-state index in [0.29, 0.717) is 23.8 Å². The Morgan fingerprint density at radius 1 is 1.42 bits per heavy atom. The van der Waals surface area contributed by atoms with E-state index in [2.05, 4.69) is 0 Å². The maximum Gasteiger partial charge on any atom is 0.410 e. The minimum Gasteiger partial charge on any atom is -0.444 e. The van der Waals surface area contributed by atoms with Gasteiger partial charge in [-0.2, -0.15) is 0 Å². The fraction of sp³-hybridized carbons (Fsp3) is 0.500. The fourth-order valence-corrected chi connectivity index (χ4v) is 2.29. The van der Waals surface area contributed by atoms with Crippen molar-refractivity contribution in [1.29, 1.82) is 0 Å². The van der Waals surface area contributed by atoms with Crippen LogP contribution in [-0.4, -0.2) is 23.1 Å². The number of amides is 1. The second-order valence-electron chi connectivity index (χ2n) is 5.75. The van der Waals surface area contributed by atoms with Crippen LogP contribution >= 0.6 is 11.6 Å². The molecule has 0 saturated heterocycles. The molecule has 0 atom stereocenters. The van der Waals surface area contributed by atoms with E-state index in [4.69, 9.17) is 22.1 Å². The summed E-state index contributed by atoms with van der Waals surface area (Å²) in [6.45, 7) is 6.66. The summed E-state index contributed by atoms with van der Waals surface area (Å²) in [5, 5.41) is 0.532. The number of carbonyl (C=O) groups is 1. The monoisotopic (exact) mass is 282 g/mol. The molecule has 5 heteroatoms. The van der Waals surface area contributed by atoms with Crippen LogP contribution in [0.2, 0.25) is 5.02 Å². The summed E-state index contributed by atoms with van der Waals surface area (Å²) < 4.78 is 5.38. The molecule has 0 saturated carbocycles. The molecule has 0 fully saturated rings. The van der Waals surface area contributed by atoms with Gasteiger partial charge in [-0.1, -0.05) is 17.7 Å². The van der Waals surface area contributed by atoms with Crippen molar-refractivity contribution in [2.45, 2.75) is 39.3 Å². The third-order valence-corrected chi connectivity index (χ3v) is 3.38. The summed E-state index contributed by atoms with van der Waals surface area (Å²) >= 11 is 6.02. The lowest BCUT2D eigenvalue weighted by Crippen LogP contribution is -2.40. The van der Waals surface area contributed by atoms with E-state index < -0.39 is 5.60 Å². The molecule has 2 rings (SSSR count). The fourth-order valence-electron chi connectivity index (χ4n) is 2.11. The molecule has 1 heterocycles. The van der Waals surface area contributed by atoms with Crippen LogP contribution in [0.5, 0.6) is 0 Å². The highest BCUT2D eigenvalue weighted by atomic mass is 35.5. The molecule has 1 amide bonds. The number of nitrogens with two attached hydrogens (primary N) is 1. The minimum atomic E-state index is -0.489. The Kier molecular flexibility index (Phi) is 3.63. The highest BCUT2D eigenvalue weighted by Gasteiger charge is 2.27. The van der Waals surface area contributed by atoms with E-state index >= 15 is 0 Å². The van der Waals surface area contributed by atoms with E-state index in [-0.39, 0.29) is 6.09 Å². The Hall–Kier alpha value is -1.42. The van der Waals surface area contributed by atoms with Crippen LogP contribution < -0.4 is 5.73 Å². The first-order valence-electron chi connectivity index (χ1n) is 6.31. The largest absolute Gasteiger partial charge is 0.444 e. The molecular weight excluding hydrogens is 264 g/mol. The zero-order valence-corrected chi connectivity index (χ0v) is 12.3. The first-order chi connectivity index (χ1) is 8.78. The van der Waals surface area contributed by atoms with Crippen molar-refractivity contribution in [1.82, 2.24) is 4.90 Å². The summed E-state index contributed by atoms with van der Waals surface area (Å²) in [7, 11) is 0. The molecular formula is C14H19ClN2O2. The number of hydrogen-bond acceptors (Lipinski definition) is 3. The average Bonchev–Trinajstić information content (AvgIpc) is 2.31. The van der Waals surface area contributed by atoms with Crippen molar-refractivity contribution in [3.8, 4) is 0 Å². The highest BCUT2D eigenvalue weighted by molar-refractivity contribution is 6.33. The second kappa shape index (κ2) is 4.93. The Morgan fingerprint density at radius 2 is 2.11 bits per heavy atom. The summed E-state index contributed by atoms with van der Waals surface area (Å²) in [5.41, 5.74) is 8.15. The molecule has 0 unspecified atom stereocenters. The van der Waals surface area contributed by atoms with Crippen molar-refractivity contribution >= 4 is 23.4 Å². The molecule has 19 heavy (non-hydrogen) atoms. The molecule has 1 aromatic rings. The van der Waals surface area contributed by atoms with Crippen molar-refractivity contribution in [2.75, 3.05) is 12.3 Å². The molecule has 0 aliphatic carbocycles. The maximum absolute atomic E-state index is 12.0. The summed E-state index contributed by atoms with van der Waals surface area (Å²) in [5.74, 6) is 0. The number of halogens is 1. The third kappa shape index (κ3) is 3.13. The van der Waals surface area contributed by atoms with E-state index in [1.165, 1.54) is 0 Å². The van der Waals surface area contributed by atoms with Crippen LogP contribution in [0, 0.1) is 0 Å². The smallest absolute Gasteiger partial charge is 0.410 e. The molecule has 4 nitrogen and oxygen atoms in total. The van der Waals surface area contributed by atoms with Gasteiger partial charge in [-0.15, -0.1) is 0 Å². The number of nitrogens with zero attached hydrogens (tertiary/aromatic N) is 1. The van der Waals surface area contributed by atoms with Crippen molar-refractivity contribution in [2.24, 2.45) is 0 Å². The molecule has 1 aromatic carbocycles. The van der Waals surface area contributed by atoms with Gasteiger partial charge in [-0.05, 0) is 44.4 Å². The predicted octanol–water partition coefficient (Wildman–Crippen LogP) is 3.22. The van der Waals surface area contributed by atoms with Gasteiger partial charge < -0.3 is 15.4 Å². The van der Waals surface area contributed by atoms with E-state index in [9.17, 15) is 4.79 Å². The standard InChI is InChI=1S/C14H19ClN2O2/c1-14(2,3)19-13(18)17-7-6-9-4-5-11(15)12(16)10(9)8-17/h4-5H,6-8,16H2,1-3H3. The zero-order chi connectivity index (χ0) is 14.2. The summed E-state index contributed by atoms with van der Waals surface area (Å²) in [6, 6.07) is 3.78. The van der Waals surface area contributed by atoms with Gasteiger partial charge in [0.2, 0.25) is 0 Å². The topological polar surface area (TPSA) is 55.6 Å². The molecule has 0 bridgehead atoms. The van der Waals surface area contributed by atoms with Crippen LogP contribution in [0.3, 0.4) is 0 Å². The van der Waals surface area contributed by atoms with Crippen molar-refractivity contribution in [3.05, 3.63) is 28.3 Å². The number of fused-ring (bicyclic) bond motifs is 1. The highest BCUT2D eigenvalue weighted by Crippen LogP contribution is 2.30. The molecule has 0 spiro atoms. The normalized spacial score (nSPS) is 15.1. The number of carbonyl (C=O) groups excluding carboxylic acids is 1. The number of anilines is 1. The van der Waals surface area contributed by atoms with Crippen LogP contribution in [0.1, 0.15) is 31.9 Å². The zero-order valence-electron chi connectivity index (χ0n) is 11.5. The number of rotatable bonds is 0. The molecule has 1 aliphatic rings. The molecule has 0 radical (unpaired) electrons. The van der Waals surface area contributed by atoms with Gasteiger partial charge in [-0.25, -0.2) is 4.79 Å². The minimum absolute atomic E-state index is 0.308. The number of benzene rings is 1. The lowest BCUT2D eigenvalue weighted by atomic mass is 9.98. The van der Waals surface area contributed by atoms with Gasteiger partial charge in [-0.3, -0.25) is 0 Å². The predicted molar refractivity (Wildman–Crippen MR) is 76.2 cm³/mol. The van der Waals surface area contributed by atoms with Gasteiger partial charge in [0, 0.05) is 6.54 Å². The van der Waals surface area contributed by atoms with Gasteiger partial charge in [0.1, 0.15) is 5.60 Å². The maximum atomic E-state index is 12.0. The SMILES string of the molecule is CC(C)(C)OC(=O)N1CCc2ccc(Cl)c(N)c2C1. The number of ether oxygens (including phenoxy) is 1. The summed E-state index contributed by atoms with van der Waals surface area (Å²) in [6.07, 6.45) is 0.466. The van der Waals surface area contributed by atoms with E-state index in [1.54, 1.807) is 11.0 Å². The molecule has 104 valence electrons. The Balaban J connectivity index is 2.18. The van der Waals surface area contributed by atoms with Crippen LogP contribution in [0.4, 0.5) is 10.5 Å². The Morgan fingerprint density at radius 3 is 2.74 bits per heavy atom. The van der Waals surface area contributed by atoms with Crippen LogP contribution in [0.15, 0.2) is 12.1 Å². The van der Waals surface area contributed by atoms with Gasteiger partial charge in [0.15, 0.2) is 0 Å². The van der Waals surface area contributed by atoms with Gasteiger partial charge >= 0.3 is 6.09 Å². The summed E-state index contributed by atoms with van der Waals surface area (Å²) in [4.78, 5) is 13.7. The molecule has 2 N–H and O–H groups in total. The lowest BCUT2D eigenvalue weighted by Gasteiger charge is -2.32.